The largest absolute Gasteiger partial charge is 0.351 e. The third kappa shape index (κ3) is 5.08. The molecule has 0 bridgehead atoms. The maximum Gasteiger partial charge on any atom is 0.225 e. The first-order valence-electron chi connectivity index (χ1n) is 9.00. The number of nitrogens with zero attached hydrogens (tertiary/aromatic N) is 2. The van der Waals surface area contributed by atoms with Crippen LogP contribution >= 0.6 is 12.4 Å². The second-order valence-electron chi connectivity index (χ2n) is 7.68. The van der Waals surface area contributed by atoms with E-state index < -0.39 is 0 Å². The van der Waals surface area contributed by atoms with Crippen molar-refractivity contribution >= 4 is 18.3 Å². The number of aryl methyl sites for hydroxylation is 2. The van der Waals surface area contributed by atoms with Crippen molar-refractivity contribution in [3.8, 4) is 0 Å². The Morgan fingerprint density at radius 3 is 2.69 bits per heavy atom. The third-order valence-electron chi connectivity index (χ3n) is 5.05. The van der Waals surface area contributed by atoms with Gasteiger partial charge in [0, 0.05) is 37.8 Å². The lowest BCUT2D eigenvalue weighted by Crippen LogP contribution is -2.47. The predicted octanol–water partition coefficient (Wildman–Crippen LogP) is 2.67. The Morgan fingerprint density at radius 1 is 1.31 bits per heavy atom. The highest BCUT2D eigenvalue weighted by atomic mass is 35.5. The number of carbonyl (C=O) groups is 1. The number of nitrogens with one attached hydrogen (secondary N) is 2. The fraction of sp³-hybridized carbons (Fsp3) is 0.500. The lowest BCUT2D eigenvalue weighted by molar-refractivity contribution is -0.126. The molecule has 1 fully saturated rings. The number of halogens is 1. The molecule has 0 radical (unpaired) electrons. The van der Waals surface area contributed by atoms with E-state index in [1.807, 2.05) is 25.5 Å². The Hall–Kier alpha value is -1.85. The Morgan fingerprint density at radius 2 is 2.04 bits per heavy atom. The van der Waals surface area contributed by atoms with Gasteiger partial charge in [0.05, 0.1) is 12.1 Å². The predicted molar refractivity (Wildman–Crippen MR) is 107 cm³/mol. The highest BCUT2D eigenvalue weighted by Crippen LogP contribution is 2.28. The SMILES string of the molecule is Cl.Cn1cc([C@H]2CNC[C@@H]2C(=O)NC(C)(C)CCc2ccccc2)cn1. The molecule has 2 atom stereocenters. The van der Waals surface area contributed by atoms with E-state index in [2.05, 4.69) is 53.8 Å². The van der Waals surface area contributed by atoms with E-state index in [4.69, 9.17) is 0 Å². The molecule has 1 aliphatic heterocycles. The molecule has 2 aromatic rings. The molecule has 1 amide bonds. The summed E-state index contributed by atoms with van der Waals surface area (Å²) in [5.74, 6) is 0.288. The van der Waals surface area contributed by atoms with Crippen molar-refractivity contribution in [2.24, 2.45) is 13.0 Å². The first kappa shape index (κ1) is 20.5. The number of carbonyl (C=O) groups excluding carboxylic acids is 1. The molecule has 6 heteroatoms. The molecule has 1 aromatic heterocycles. The molecular weight excluding hydrogens is 348 g/mol. The summed E-state index contributed by atoms with van der Waals surface area (Å²) < 4.78 is 1.80. The molecule has 1 saturated heterocycles. The molecule has 3 rings (SSSR count). The van der Waals surface area contributed by atoms with Crippen LogP contribution in [0.4, 0.5) is 0 Å². The topological polar surface area (TPSA) is 59.0 Å². The van der Waals surface area contributed by atoms with Crippen LogP contribution in [0.15, 0.2) is 42.7 Å². The quantitative estimate of drug-likeness (QED) is 0.814. The maximum atomic E-state index is 12.9. The molecule has 0 saturated carbocycles. The summed E-state index contributed by atoms with van der Waals surface area (Å²) in [6.07, 6.45) is 5.76. The van der Waals surface area contributed by atoms with Crippen LogP contribution in [0.3, 0.4) is 0 Å². The first-order chi connectivity index (χ1) is 11.9. The van der Waals surface area contributed by atoms with Crippen molar-refractivity contribution < 1.29 is 4.79 Å². The second-order valence-corrected chi connectivity index (χ2v) is 7.68. The van der Waals surface area contributed by atoms with Crippen LogP contribution in [-0.2, 0) is 18.3 Å². The van der Waals surface area contributed by atoms with Gasteiger partial charge in [0.1, 0.15) is 0 Å². The first-order valence-corrected chi connectivity index (χ1v) is 9.00. The van der Waals surface area contributed by atoms with E-state index in [0.29, 0.717) is 0 Å². The Balaban J connectivity index is 0.00000243. The molecule has 0 unspecified atom stereocenters. The summed E-state index contributed by atoms with van der Waals surface area (Å²) in [6, 6.07) is 10.4. The van der Waals surface area contributed by atoms with Gasteiger partial charge < -0.3 is 10.6 Å². The summed E-state index contributed by atoms with van der Waals surface area (Å²) in [7, 11) is 1.91. The van der Waals surface area contributed by atoms with E-state index in [-0.39, 0.29) is 35.7 Å². The van der Waals surface area contributed by atoms with Gasteiger partial charge in [0.15, 0.2) is 0 Å². The zero-order valence-electron chi connectivity index (χ0n) is 15.7. The summed E-state index contributed by atoms with van der Waals surface area (Å²) in [6.45, 7) is 5.76. The summed E-state index contributed by atoms with van der Waals surface area (Å²) in [5, 5.41) is 10.9. The molecule has 142 valence electrons. The summed E-state index contributed by atoms with van der Waals surface area (Å²) >= 11 is 0. The summed E-state index contributed by atoms with van der Waals surface area (Å²) in [4.78, 5) is 12.9. The van der Waals surface area contributed by atoms with E-state index in [1.54, 1.807) is 4.68 Å². The Bertz CT molecular complexity index is 714. The number of amides is 1. The van der Waals surface area contributed by atoms with Crippen LogP contribution < -0.4 is 10.6 Å². The second kappa shape index (κ2) is 8.69. The van der Waals surface area contributed by atoms with Crippen LogP contribution in [0.5, 0.6) is 0 Å². The molecule has 5 nitrogen and oxygen atoms in total. The maximum absolute atomic E-state index is 12.9. The van der Waals surface area contributed by atoms with E-state index >= 15 is 0 Å². The normalized spacial score (nSPS) is 19.8. The Labute approximate surface area is 162 Å². The van der Waals surface area contributed by atoms with Crippen LogP contribution in [-0.4, -0.2) is 34.3 Å². The van der Waals surface area contributed by atoms with Gasteiger partial charge >= 0.3 is 0 Å². The summed E-state index contributed by atoms with van der Waals surface area (Å²) in [5.41, 5.74) is 2.21. The smallest absolute Gasteiger partial charge is 0.225 e. The lowest BCUT2D eigenvalue weighted by atomic mass is 9.88. The number of benzene rings is 1. The van der Waals surface area contributed by atoms with Crippen LogP contribution in [0.2, 0.25) is 0 Å². The Kier molecular flexibility index (Phi) is 6.84. The molecule has 1 aromatic carbocycles. The lowest BCUT2D eigenvalue weighted by Gasteiger charge is -2.29. The fourth-order valence-electron chi connectivity index (χ4n) is 3.53. The van der Waals surface area contributed by atoms with Crippen LogP contribution in [0, 0.1) is 5.92 Å². The van der Waals surface area contributed by atoms with Crippen molar-refractivity contribution in [2.45, 2.75) is 38.1 Å². The standard InChI is InChI=1S/C20H28N4O.ClH/c1-20(2,10-9-15-7-5-4-6-8-15)23-19(25)18-13-21-12-17(18)16-11-22-24(3)14-16;/h4-8,11,14,17-18,21H,9-10,12-13H2,1-3H3,(H,23,25);1H/t17-,18+;/m1./s1. The number of hydrogen-bond donors (Lipinski definition) is 2. The zero-order valence-corrected chi connectivity index (χ0v) is 16.6. The van der Waals surface area contributed by atoms with Crippen molar-refractivity contribution in [1.29, 1.82) is 0 Å². The fourth-order valence-corrected chi connectivity index (χ4v) is 3.53. The van der Waals surface area contributed by atoms with Gasteiger partial charge in [-0.3, -0.25) is 9.48 Å². The average Bonchev–Trinajstić information content (AvgIpc) is 3.22. The molecule has 1 aliphatic rings. The van der Waals surface area contributed by atoms with Crippen molar-refractivity contribution in [3.05, 3.63) is 53.9 Å². The van der Waals surface area contributed by atoms with Crippen molar-refractivity contribution in [2.75, 3.05) is 13.1 Å². The van der Waals surface area contributed by atoms with E-state index in [9.17, 15) is 4.79 Å². The minimum Gasteiger partial charge on any atom is -0.351 e. The third-order valence-corrected chi connectivity index (χ3v) is 5.05. The molecule has 2 heterocycles. The van der Waals surface area contributed by atoms with Gasteiger partial charge in [0.2, 0.25) is 5.91 Å². The average molecular weight is 377 g/mol. The minimum atomic E-state index is -0.227. The highest BCUT2D eigenvalue weighted by molar-refractivity contribution is 5.85. The highest BCUT2D eigenvalue weighted by Gasteiger charge is 2.36. The zero-order chi connectivity index (χ0) is 17.9. The number of hydrogen-bond acceptors (Lipinski definition) is 3. The van der Waals surface area contributed by atoms with Gasteiger partial charge in [-0.2, -0.15) is 5.10 Å². The van der Waals surface area contributed by atoms with Crippen LogP contribution in [0.1, 0.15) is 37.3 Å². The van der Waals surface area contributed by atoms with Gasteiger partial charge in [-0.25, -0.2) is 0 Å². The van der Waals surface area contributed by atoms with Crippen molar-refractivity contribution in [1.82, 2.24) is 20.4 Å². The van der Waals surface area contributed by atoms with Crippen molar-refractivity contribution in [3.63, 3.8) is 0 Å². The van der Waals surface area contributed by atoms with Gasteiger partial charge in [-0.05, 0) is 37.8 Å². The molecule has 0 spiro atoms. The number of rotatable bonds is 6. The minimum absolute atomic E-state index is 0. The van der Waals surface area contributed by atoms with E-state index in [0.717, 1.165) is 31.5 Å². The van der Waals surface area contributed by atoms with Gasteiger partial charge in [-0.1, -0.05) is 30.3 Å². The monoisotopic (exact) mass is 376 g/mol. The van der Waals surface area contributed by atoms with Crippen LogP contribution in [0.25, 0.3) is 0 Å². The molecule has 26 heavy (non-hydrogen) atoms. The molecular formula is C20H29ClN4O. The van der Waals surface area contributed by atoms with Gasteiger partial charge in [-0.15, -0.1) is 12.4 Å². The molecule has 0 aliphatic carbocycles. The van der Waals surface area contributed by atoms with Gasteiger partial charge in [0.25, 0.3) is 0 Å². The number of aromatic nitrogens is 2. The van der Waals surface area contributed by atoms with E-state index in [1.165, 1.54) is 5.56 Å². The molecule has 2 N–H and O–H groups in total.